The number of hydrogen-bond acceptors (Lipinski definition) is 1. The van der Waals surface area contributed by atoms with Crippen LogP contribution in [0.15, 0.2) is 72.8 Å². The highest BCUT2D eigenvalue weighted by Gasteiger charge is 2.00. The van der Waals surface area contributed by atoms with E-state index in [1.54, 1.807) is 0 Å². The molecule has 0 bridgehead atoms. The molecule has 0 N–H and O–H groups in total. The summed E-state index contributed by atoms with van der Waals surface area (Å²) >= 11 is 5.91. The van der Waals surface area contributed by atoms with Gasteiger partial charge in [-0.3, -0.25) is 4.79 Å². The molecule has 0 fully saturated rings. The fourth-order valence-corrected chi connectivity index (χ4v) is 2.53. The van der Waals surface area contributed by atoms with Crippen LogP contribution in [-0.4, -0.2) is 6.29 Å². The van der Waals surface area contributed by atoms with E-state index in [0.29, 0.717) is 5.56 Å². The van der Waals surface area contributed by atoms with Crippen molar-refractivity contribution in [3.8, 4) is 11.1 Å². The predicted molar refractivity (Wildman–Crippen MR) is 91.5 cm³/mol. The Morgan fingerprint density at radius 1 is 0.682 bits per heavy atom. The number of aldehydes is 1. The third-order valence-corrected chi connectivity index (χ3v) is 3.91. The summed E-state index contributed by atoms with van der Waals surface area (Å²) in [6, 6.07) is 24.1. The minimum absolute atomic E-state index is 0.710. The molecule has 0 amide bonds. The van der Waals surface area contributed by atoms with Crippen molar-refractivity contribution >= 4 is 17.9 Å². The minimum atomic E-state index is 0.710. The van der Waals surface area contributed by atoms with E-state index >= 15 is 0 Å². The normalized spacial score (nSPS) is 10.4. The van der Waals surface area contributed by atoms with E-state index in [4.69, 9.17) is 11.6 Å². The van der Waals surface area contributed by atoms with E-state index in [1.165, 1.54) is 16.7 Å². The number of carbonyl (C=O) groups is 1. The van der Waals surface area contributed by atoms with Crippen molar-refractivity contribution in [1.29, 1.82) is 0 Å². The number of hydrogen-bond donors (Lipinski definition) is 0. The molecule has 2 heteroatoms. The summed E-state index contributed by atoms with van der Waals surface area (Å²) in [5.74, 6) is 0. The fourth-order valence-electron chi connectivity index (χ4n) is 2.41. The van der Waals surface area contributed by atoms with Crippen molar-refractivity contribution in [3.63, 3.8) is 0 Å². The van der Waals surface area contributed by atoms with Crippen LogP contribution in [0.5, 0.6) is 0 Å². The fraction of sp³-hybridized carbons (Fsp3) is 0.0500. The second-order valence-corrected chi connectivity index (χ2v) is 5.68. The smallest absolute Gasteiger partial charge is 0.150 e. The summed E-state index contributed by atoms with van der Waals surface area (Å²) in [5, 5.41) is 0.749. The summed E-state index contributed by atoms with van der Waals surface area (Å²) < 4.78 is 0. The second-order valence-electron chi connectivity index (χ2n) is 5.24. The highest BCUT2D eigenvalue weighted by molar-refractivity contribution is 6.30. The van der Waals surface area contributed by atoms with Gasteiger partial charge in [0.05, 0.1) is 0 Å². The Balaban J connectivity index is 1.75. The maximum atomic E-state index is 10.7. The molecule has 22 heavy (non-hydrogen) atoms. The van der Waals surface area contributed by atoms with Crippen molar-refractivity contribution in [2.24, 2.45) is 0 Å². The first-order valence-electron chi connectivity index (χ1n) is 7.13. The van der Waals surface area contributed by atoms with Crippen molar-refractivity contribution in [2.75, 3.05) is 0 Å². The van der Waals surface area contributed by atoms with Gasteiger partial charge in [-0.15, -0.1) is 0 Å². The molecular formula is C20H15ClO. The molecule has 0 aromatic heterocycles. The van der Waals surface area contributed by atoms with Crippen LogP contribution in [0.4, 0.5) is 0 Å². The Morgan fingerprint density at radius 2 is 1.14 bits per heavy atom. The average Bonchev–Trinajstić information content (AvgIpc) is 2.57. The monoisotopic (exact) mass is 306 g/mol. The summed E-state index contributed by atoms with van der Waals surface area (Å²) in [6.07, 6.45) is 1.73. The lowest BCUT2D eigenvalue weighted by molar-refractivity contribution is 0.112. The molecule has 108 valence electrons. The summed E-state index contributed by atoms with van der Waals surface area (Å²) in [5.41, 5.74) is 5.49. The number of carbonyl (C=O) groups excluding carboxylic acids is 1. The molecule has 0 aliphatic heterocycles. The molecule has 0 saturated heterocycles. The van der Waals surface area contributed by atoms with Crippen LogP contribution in [0, 0.1) is 0 Å². The maximum Gasteiger partial charge on any atom is 0.150 e. The molecule has 1 nitrogen and oxygen atoms in total. The molecule has 3 aromatic carbocycles. The van der Waals surface area contributed by atoms with Gasteiger partial charge in [0.1, 0.15) is 6.29 Å². The molecule has 3 rings (SSSR count). The first-order valence-corrected chi connectivity index (χ1v) is 7.51. The van der Waals surface area contributed by atoms with Crippen LogP contribution in [0.3, 0.4) is 0 Å². The molecule has 0 atom stereocenters. The number of rotatable bonds is 4. The topological polar surface area (TPSA) is 17.1 Å². The van der Waals surface area contributed by atoms with Crippen LogP contribution >= 0.6 is 11.6 Å². The molecule has 3 aromatic rings. The zero-order chi connectivity index (χ0) is 15.4. The molecular weight excluding hydrogens is 292 g/mol. The summed E-state index contributed by atoms with van der Waals surface area (Å²) in [7, 11) is 0. The van der Waals surface area contributed by atoms with Crippen LogP contribution in [-0.2, 0) is 6.42 Å². The van der Waals surface area contributed by atoms with Gasteiger partial charge < -0.3 is 0 Å². The van der Waals surface area contributed by atoms with E-state index < -0.39 is 0 Å². The molecule has 0 aliphatic rings. The lowest BCUT2D eigenvalue weighted by Crippen LogP contribution is -1.89. The first-order chi connectivity index (χ1) is 10.7. The van der Waals surface area contributed by atoms with Gasteiger partial charge in [-0.05, 0) is 40.8 Å². The first kappa shape index (κ1) is 14.6. The van der Waals surface area contributed by atoms with Gasteiger partial charge in [0.2, 0.25) is 0 Å². The Labute approximate surface area is 135 Å². The number of benzene rings is 3. The Morgan fingerprint density at radius 3 is 1.64 bits per heavy atom. The predicted octanol–water partition coefficient (Wildman–Crippen LogP) is 5.41. The highest BCUT2D eigenvalue weighted by Crippen LogP contribution is 2.22. The van der Waals surface area contributed by atoms with E-state index in [2.05, 4.69) is 24.3 Å². The average molecular weight is 307 g/mol. The molecule has 0 saturated carbocycles. The third kappa shape index (κ3) is 3.44. The third-order valence-electron chi connectivity index (χ3n) is 3.66. The van der Waals surface area contributed by atoms with Crippen molar-refractivity contribution in [3.05, 3.63) is 94.5 Å². The van der Waals surface area contributed by atoms with E-state index in [1.807, 2.05) is 48.5 Å². The van der Waals surface area contributed by atoms with E-state index in [0.717, 1.165) is 23.3 Å². The van der Waals surface area contributed by atoms with Gasteiger partial charge in [-0.25, -0.2) is 0 Å². The maximum absolute atomic E-state index is 10.7. The zero-order valence-corrected chi connectivity index (χ0v) is 12.8. The van der Waals surface area contributed by atoms with Gasteiger partial charge in [0.25, 0.3) is 0 Å². The van der Waals surface area contributed by atoms with Gasteiger partial charge in [-0.2, -0.15) is 0 Å². The van der Waals surface area contributed by atoms with Crippen molar-refractivity contribution in [2.45, 2.75) is 6.42 Å². The standard InChI is InChI=1S/C20H15ClO/c21-20-11-9-19(10-12-20)18-7-5-16(6-8-18)13-15-1-3-17(14-22)4-2-15/h1-12,14H,13H2. The molecule has 0 aliphatic carbocycles. The Bertz CT molecular complexity index is 756. The van der Waals surface area contributed by atoms with Gasteiger partial charge >= 0.3 is 0 Å². The largest absolute Gasteiger partial charge is 0.298 e. The quantitative estimate of drug-likeness (QED) is 0.589. The summed E-state index contributed by atoms with van der Waals surface area (Å²) in [6.45, 7) is 0. The zero-order valence-electron chi connectivity index (χ0n) is 12.0. The number of halogens is 1. The van der Waals surface area contributed by atoms with E-state index in [9.17, 15) is 4.79 Å². The molecule has 0 unspecified atom stereocenters. The Hall–Kier alpha value is -2.38. The van der Waals surface area contributed by atoms with Gasteiger partial charge in [0.15, 0.2) is 0 Å². The highest BCUT2D eigenvalue weighted by atomic mass is 35.5. The lowest BCUT2D eigenvalue weighted by Gasteiger charge is -2.05. The minimum Gasteiger partial charge on any atom is -0.298 e. The van der Waals surface area contributed by atoms with Crippen LogP contribution in [0.2, 0.25) is 5.02 Å². The van der Waals surface area contributed by atoms with Gasteiger partial charge in [-0.1, -0.05) is 72.3 Å². The lowest BCUT2D eigenvalue weighted by atomic mass is 10.00. The van der Waals surface area contributed by atoms with Crippen LogP contribution in [0.1, 0.15) is 21.5 Å². The molecule has 0 heterocycles. The molecule has 0 radical (unpaired) electrons. The van der Waals surface area contributed by atoms with Crippen molar-refractivity contribution < 1.29 is 4.79 Å². The van der Waals surface area contributed by atoms with Crippen molar-refractivity contribution in [1.82, 2.24) is 0 Å². The summed E-state index contributed by atoms with van der Waals surface area (Å²) in [4.78, 5) is 10.7. The van der Waals surface area contributed by atoms with Crippen LogP contribution < -0.4 is 0 Å². The molecule has 0 spiro atoms. The Kier molecular flexibility index (Phi) is 4.36. The SMILES string of the molecule is O=Cc1ccc(Cc2ccc(-c3ccc(Cl)cc3)cc2)cc1. The van der Waals surface area contributed by atoms with Crippen LogP contribution in [0.25, 0.3) is 11.1 Å². The second kappa shape index (κ2) is 6.59. The van der Waals surface area contributed by atoms with Gasteiger partial charge in [0, 0.05) is 10.6 Å². The van der Waals surface area contributed by atoms with E-state index in [-0.39, 0.29) is 0 Å².